The zero-order valence-electron chi connectivity index (χ0n) is 11.9. The quantitative estimate of drug-likeness (QED) is 0.788. The molecule has 1 aromatic rings. The predicted molar refractivity (Wildman–Crippen MR) is 82.4 cm³/mol. The van der Waals surface area contributed by atoms with Gasteiger partial charge in [-0.3, -0.25) is 4.79 Å². The largest absolute Gasteiger partial charge is 0.497 e. The van der Waals surface area contributed by atoms with Gasteiger partial charge in [0.1, 0.15) is 5.75 Å². The number of carbonyl (C=O) groups is 1. The van der Waals surface area contributed by atoms with Crippen molar-refractivity contribution in [2.24, 2.45) is 0 Å². The highest BCUT2D eigenvalue weighted by Gasteiger charge is 2.14. The minimum Gasteiger partial charge on any atom is -0.497 e. The van der Waals surface area contributed by atoms with Gasteiger partial charge in [0.25, 0.3) is 0 Å². The van der Waals surface area contributed by atoms with Gasteiger partial charge in [0.15, 0.2) is 0 Å². The molecule has 2 N–H and O–H groups in total. The molecule has 5 heteroatoms. The van der Waals surface area contributed by atoms with Crippen LogP contribution in [0, 0.1) is 0 Å². The number of hydrogen-bond donors (Lipinski definition) is 2. The molecule has 0 aromatic heterocycles. The Morgan fingerprint density at radius 3 is 2.90 bits per heavy atom. The van der Waals surface area contributed by atoms with E-state index in [1.165, 1.54) is 0 Å². The van der Waals surface area contributed by atoms with Crippen LogP contribution in [0.2, 0.25) is 0 Å². The molecule has 1 heterocycles. The number of nitrogens with one attached hydrogen (secondary N) is 2. The van der Waals surface area contributed by atoms with Gasteiger partial charge in [0.2, 0.25) is 5.91 Å². The monoisotopic (exact) mass is 294 g/mol. The summed E-state index contributed by atoms with van der Waals surface area (Å²) in [5, 5.41) is 6.39. The summed E-state index contributed by atoms with van der Waals surface area (Å²) in [5.41, 5.74) is 0. The van der Waals surface area contributed by atoms with Crippen LogP contribution in [0.5, 0.6) is 5.75 Å². The number of methoxy groups -OCH3 is 1. The number of rotatable bonds is 6. The third-order valence-electron chi connectivity index (χ3n) is 3.32. The first-order chi connectivity index (χ1) is 9.78. The maximum absolute atomic E-state index is 11.8. The number of ether oxygens (including phenoxy) is 1. The molecule has 1 saturated heterocycles. The van der Waals surface area contributed by atoms with Crippen molar-refractivity contribution in [3.8, 4) is 5.75 Å². The highest BCUT2D eigenvalue weighted by Crippen LogP contribution is 2.21. The van der Waals surface area contributed by atoms with E-state index in [4.69, 9.17) is 4.74 Å². The van der Waals surface area contributed by atoms with Crippen molar-refractivity contribution in [3.63, 3.8) is 0 Å². The number of thioether (sulfide) groups is 1. The lowest BCUT2D eigenvalue weighted by Gasteiger charge is -2.23. The summed E-state index contributed by atoms with van der Waals surface area (Å²) in [5.74, 6) is 1.81. The molecule has 1 aromatic carbocycles. The smallest absolute Gasteiger partial charge is 0.221 e. The average molecular weight is 294 g/mol. The Labute approximate surface area is 124 Å². The molecule has 0 unspecified atom stereocenters. The van der Waals surface area contributed by atoms with Crippen molar-refractivity contribution < 1.29 is 9.53 Å². The van der Waals surface area contributed by atoms with E-state index in [2.05, 4.69) is 10.6 Å². The molecule has 0 bridgehead atoms. The number of hydrogen-bond acceptors (Lipinski definition) is 4. The van der Waals surface area contributed by atoms with Crippen LogP contribution in [0.4, 0.5) is 0 Å². The first-order valence-electron chi connectivity index (χ1n) is 7.05. The summed E-state index contributed by atoms with van der Waals surface area (Å²) >= 11 is 1.70. The van der Waals surface area contributed by atoms with Gasteiger partial charge < -0.3 is 15.4 Å². The third-order valence-corrected chi connectivity index (χ3v) is 4.33. The summed E-state index contributed by atoms with van der Waals surface area (Å²) in [6, 6.07) is 8.23. The van der Waals surface area contributed by atoms with E-state index in [0.717, 1.165) is 42.3 Å². The van der Waals surface area contributed by atoms with Crippen LogP contribution in [0.15, 0.2) is 29.2 Å². The third kappa shape index (κ3) is 5.06. The molecule has 110 valence electrons. The van der Waals surface area contributed by atoms with Crippen LogP contribution >= 0.6 is 11.8 Å². The molecular weight excluding hydrogens is 272 g/mol. The fraction of sp³-hybridized carbons (Fsp3) is 0.533. The van der Waals surface area contributed by atoms with Gasteiger partial charge in [0.05, 0.1) is 7.11 Å². The SMILES string of the molecule is COc1ccc(SCCC(=O)N[C@H]2CCCNC2)cc1. The predicted octanol–water partition coefficient (Wildman–Crippen LogP) is 2.05. The fourth-order valence-corrected chi connectivity index (χ4v) is 3.06. The first-order valence-corrected chi connectivity index (χ1v) is 8.03. The van der Waals surface area contributed by atoms with E-state index in [9.17, 15) is 4.79 Å². The van der Waals surface area contributed by atoms with Gasteiger partial charge in [-0.2, -0.15) is 0 Å². The van der Waals surface area contributed by atoms with E-state index >= 15 is 0 Å². The van der Waals surface area contributed by atoms with Crippen molar-refractivity contribution in [2.75, 3.05) is 26.0 Å². The second-order valence-corrected chi connectivity index (χ2v) is 6.05. The second-order valence-electron chi connectivity index (χ2n) is 4.88. The van der Waals surface area contributed by atoms with Gasteiger partial charge >= 0.3 is 0 Å². The van der Waals surface area contributed by atoms with Crippen LogP contribution in [-0.4, -0.2) is 37.9 Å². The van der Waals surface area contributed by atoms with E-state index in [0.29, 0.717) is 12.5 Å². The zero-order valence-corrected chi connectivity index (χ0v) is 12.7. The number of amides is 1. The molecule has 4 nitrogen and oxygen atoms in total. The molecule has 0 aliphatic carbocycles. The summed E-state index contributed by atoms with van der Waals surface area (Å²) in [7, 11) is 1.66. The Balaban J connectivity index is 1.65. The molecule has 1 amide bonds. The Kier molecular flexibility index (Phi) is 6.21. The topological polar surface area (TPSA) is 50.4 Å². The number of piperidine rings is 1. The Hall–Kier alpha value is -1.20. The average Bonchev–Trinajstić information content (AvgIpc) is 2.49. The van der Waals surface area contributed by atoms with Crippen molar-refractivity contribution in [3.05, 3.63) is 24.3 Å². The van der Waals surface area contributed by atoms with Gasteiger partial charge in [0, 0.05) is 29.7 Å². The van der Waals surface area contributed by atoms with Crippen LogP contribution < -0.4 is 15.4 Å². The minimum absolute atomic E-state index is 0.153. The van der Waals surface area contributed by atoms with Crippen molar-refractivity contribution in [1.29, 1.82) is 0 Å². The molecule has 20 heavy (non-hydrogen) atoms. The fourth-order valence-electron chi connectivity index (χ4n) is 2.21. The standard InChI is InChI=1S/C15H22N2O2S/c1-19-13-4-6-14(7-5-13)20-10-8-15(18)17-12-3-2-9-16-11-12/h4-7,12,16H,2-3,8-11H2,1H3,(H,17,18)/t12-/m0/s1. The molecule has 0 spiro atoms. The Bertz CT molecular complexity index is 416. The molecule has 1 fully saturated rings. The highest BCUT2D eigenvalue weighted by atomic mass is 32.2. The van der Waals surface area contributed by atoms with Crippen molar-refractivity contribution in [1.82, 2.24) is 10.6 Å². The summed E-state index contributed by atoms with van der Waals surface area (Å²) in [4.78, 5) is 13.0. The molecule has 2 rings (SSSR count). The van der Waals surface area contributed by atoms with Crippen LogP contribution in [0.1, 0.15) is 19.3 Å². The maximum Gasteiger partial charge on any atom is 0.221 e. The van der Waals surface area contributed by atoms with Crippen LogP contribution in [0.25, 0.3) is 0 Å². The molecular formula is C15H22N2O2S. The summed E-state index contributed by atoms with van der Waals surface area (Å²) in [6.07, 6.45) is 2.79. The van der Waals surface area contributed by atoms with E-state index < -0.39 is 0 Å². The summed E-state index contributed by atoms with van der Waals surface area (Å²) in [6.45, 7) is 1.97. The summed E-state index contributed by atoms with van der Waals surface area (Å²) < 4.78 is 5.12. The Morgan fingerprint density at radius 1 is 1.45 bits per heavy atom. The lowest BCUT2D eigenvalue weighted by molar-refractivity contribution is -0.121. The lowest BCUT2D eigenvalue weighted by Crippen LogP contribution is -2.45. The van der Waals surface area contributed by atoms with Gasteiger partial charge in [-0.05, 0) is 43.7 Å². The molecule has 1 aliphatic heterocycles. The molecule has 1 aliphatic rings. The molecule has 1 atom stereocenters. The lowest BCUT2D eigenvalue weighted by atomic mass is 10.1. The van der Waals surface area contributed by atoms with Crippen LogP contribution in [0.3, 0.4) is 0 Å². The van der Waals surface area contributed by atoms with Gasteiger partial charge in [-0.15, -0.1) is 11.8 Å². The van der Waals surface area contributed by atoms with Crippen molar-refractivity contribution in [2.45, 2.75) is 30.2 Å². The zero-order chi connectivity index (χ0) is 14.2. The van der Waals surface area contributed by atoms with E-state index in [1.54, 1.807) is 18.9 Å². The van der Waals surface area contributed by atoms with Gasteiger partial charge in [-0.1, -0.05) is 0 Å². The Morgan fingerprint density at radius 2 is 2.25 bits per heavy atom. The normalized spacial score (nSPS) is 18.6. The number of benzene rings is 1. The number of carbonyl (C=O) groups excluding carboxylic acids is 1. The first kappa shape index (κ1) is 15.2. The maximum atomic E-state index is 11.8. The molecule has 0 radical (unpaired) electrons. The second kappa shape index (κ2) is 8.17. The van der Waals surface area contributed by atoms with Crippen molar-refractivity contribution >= 4 is 17.7 Å². The highest BCUT2D eigenvalue weighted by molar-refractivity contribution is 7.99. The van der Waals surface area contributed by atoms with E-state index in [-0.39, 0.29) is 5.91 Å². The minimum atomic E-state index is 0.153. The molecule has 0 saturated carbocycles. The van der Waals surface area contributed by atoms with Crippen LogP contribution in [-0.2, 0) is 4.79 Å². The van der Waals surface area contributed by atoms with Gasteiger partial charge in [-0.25, -0.2) is 0 Å². The van der Waals surface area contributed by atoms with E-state index in [1.807, 2.05) is 24.3 Å².